The summed E-state index contributed by atoms with van der Waals surface area (Å²) in [6, 6.07) is 11.7. The van der Waals surface area contributed by atoms with Gasteiger partial charge in [-0.15, -0.1) is 0 Å². The molecule has 2 atom stereocenters. The largest absolute Gasteiger partial charge is 0.379 e. The van der Waals surface area contributed by atoms with Crippen LogP contribution in [0.25, 0.3) is 0 Å². The number of hydrogen-bond acceptors (Lipinski definition) is 6. The van der Waals surface area contributed by atoms with Gasteiger partial charge in [-0.3, -0.25) is 4.79 Å². The van der Waals surface area contributed by atoms with Crippen LogP contribution in [0, 0.1) is 5.82 Å². The molecule has 0 aromatic heterocycles. The van der Waals surface area contributed by atoms with Gasteiger partial charge in [0, 0.05) is 24.8 Å². The lowest BCUT2D eigenvalue weighted by molar-refractivity contribution is -0.117. The molecule has 4 rings (SSSR count). The lowest BCUT2D eigenvalue weighted by Gasteiger charge is -2.26. The lowest BCUT2D eigenvalue weighted by Crippen LogP contribution is -2.40. The number of carbonyl (C=O) groups is 1. The molecule has 0 radical (unpaired) electrons. The molecule has 0 spiro atoms. The van der Waals surface area contributed by atoms with Gasteiger partial charge in [0.05, 0.1) is 18.1 Å². The Balaban J connectivity index is 1.36. The summed E-state index contributed by atoms with van der Waals surface area (Å²) < 4.78 is 45.0. The van der Waals surface area contributed by atoms with E-state index >= 15 is 0 Å². The first-order valence-corrected chi connectivity index (χ1v) is 11.1. The molecule has 0 saturated carbocycles. The number of anilines is 1. The van der Waals surface area contributed by atoms with Crippen molar-refractivity contribution in [3.63, 3.8) is 0 Å². The quantitative estimate of drug-likeness (QED) is 0.658. The average molecular weight is 434 g/mol. The number of sulfonamides is 1. The second-order valence-corrected chi connectivity index (χ2v) is 9.15. The Bertz CT molecular complexity index is 992. The SMILES string of the molecule is O=C(Nc1ccc(S(=O)(=O)N2CCOCC2)cc1)C1CC(c2ccc(F)cc2)NN1. The first-order valence-electron chi connectivity index (χ1n) is 9.69. The van der Waals surface area contributed by atoms with E-state index in [2.05, 4.69) is 16.2 Å². The van der Waals surface area contributed by atoms with Crippen LogP contribution in [0.2, 0.25) is 0 Å². The lowest BCUT2D eigenvalue weighted by atomic mass is 10.0. The zero-order valence-corrected chi connectivity index (χ0v) is 17.0. The molecule has 2 aromatic carbocycles. The number of hydrogen-bond donors (Lipinski definition) is 3. The molecule has 1 amide bonds. The number of nitrogens with one attached hydrogen (secondary N) is 3. The van der Waals surface area contributed by atoms with Gasteiger partial charge in [-0.05, 0) is 48.4 Å². The van der Waals surface area contributed by atoms with Crippen molar-refractivity contribution in [2.24, 2.45) is 0 Å². The van der Waals surface area contributed by atoms with E-state index in [0.29, 0.717) is 38.4 Å². The number of carbonyl (C=O) groups excluding carboxylic acids is 1. The summed E-state index contributed by atoms with van der Waals surface area (Å²) in [6.45, 7) is 1.43. The van der Waals surface area contributed by atoms with Gasteiger partial charge in [0.15, 0.2) is 0 Å². The maximum Gasteiger partial charge on any atom is 0.243 e. The zero-order chi connectivity index (χ0) is 21.1. The summed E-state index contributed by atoms with van der Waals surface area (Å²) in [7, 11) is -3.57. The number of benzene rings is 2. The predicted octanol–water partition coefficient (Wildman–Crippen LogP) is 1.39. The molecule has 2 unspecified atom stereocenters. The minimum absolute atomic E-state index is 0.109. The summed E-state index contributed by atoms with van der Waals surface area (Å²) in [6.07, 6.45) is 0.501. The van der Waals surface area contributed by atoms with E-state index in [4.69, 9.17) is 4.74 Å². The molecule has 10 heteroatoms. The normalized spacial score (nSPS) is 22.7. The van der Waals surface area contributed by atoms with Gasteiger partial charge in [0.25, 0.3) is 0 Å². The van der Waals surface area contributed by atoms with Crippen LogP contribution >= 0.6 is 0 Å². The van der Waals surface area contributed by atoms with Crippen molar-refractivity contribution in [3.05, 3.63) is 59.9 Å². The second-order valence-electron chi connectivity index (χ2n) is 7.21. The molecule has 2 aromatic rings. The van der Waals surface area contributed by atoms with Gasteiger partial charge in [0.1, 0.15) is 11.9 Å². The van der Waals surface area contributed by atoms with Crippen molar-refractivity contribution < 1.29 is 22.3 Å². The fourth-order valence-electron chi connectivity index (χ4n) is 3.52. The summed E-state index contributed by atoms with van der Waals surface area (Å²) >= 11 is 0. The number of ether oxygens (including phenoxy) is 1. The zero-order valence-electron chi connectivity index (χ0n) is 16.2. The molecule has 3 N–H and O–H groups in total. The van der Waals surface area contributed by atoms with Gasteiger partial charge in [-0.1, -0.05) is 12.1 Å². The second kappa shape index (κ2) is 8.78. The Morgan fingerprint density at radius 1 is 1.03 bits per heavy atom. The molecule has 2 aliphatic rings. The van der Waals surface area contributed by atoms with Gasteiger partial charge in [-0.2, -0.15) is 4.31 Å². The van der Waals surface area contributed by atoms with Crippen molar-refractivity contribution in [1.29, 1.82) is 0 Å². The highest BCUT2D eigenvalue weighted by molar-refractivity contribution is 7.89. The van der Waals surface area contributed by atoms with E-state index < -0.39 is 16.1 Å². The van der Waals surface area contributed by atoms with Crippen molar-refractivity contribution in [2.45, 2.75) is 23.4 Å². The average Bonchev–Trinajstić information content (AvgIpc) is 3.26. The van der Waals surface area contributed by atoms with E-state index in [0.717, 1.165) is 5.56 Å². The maximum absolute atomic E-state index is 13.1. The van der Waals surface area contributed by atoms with Crippen LogP contribution in [0.4, 0.5) is 10.1 Å². The number of nitrogens with zero attached hydrogens (tertiary/aromatic N) is 1. The van der Waals surface area contributed by atoms with Crippen LogP contribution in [0.15, 0.2) is 53.4 Å². The minimum Gasteiger partial charge on any atom is -0.379 e. The Hall–Kier alpha value is -2.37. The number of amides is 1. The van der Waals surface area contributed by atoms with Crippen molar-refractivity contribution in [2.75, 3.05) is 31.6 Å². The van der Waals surface area contributed by atoms with Crippen LogP contribution < -0.4 is 16.2 Å². The molecule has 30 heavy (non-hydrogen) atoms. The highest BCUT2D eigenvalue weighted by atomic mass is 32.2. The molecule has 2 saturated heterocycles. The fraction of sp³-hybridized carbons (Fsp3) is 0.350. The van der Waals surface area contributed by atoms with E-state index in [9.17, 15) is 17.6 Å². The van der Waals surface area contributed by atoms with Crippen LogP contribution in [-0.4, -0.2) is 51.0 Å². The summed E-state index contributed by atoms with van der Waals surface area (Å²) in [5.74, 6) is -0.547. The van der Waals surface area contributed by atoms with Crippen LogP contribution in [0.5, 0.6) is 0 Å². The molecule has 0 aliphatic carbocycles. The molecule has 2 fully saturated rings. The van der Waals surface area contributed by atoms with Crippen molar-refractivity contribution >= 4 is 21.6 Å². The van der Waals surface area contributed by atoms with Gasteiger partial charge >= 0.3 is 0 Å². The highest BCUT2D eigenvalue weighted by Gasteiger charge is 2.30. The number of hydrazine groups is 1. The summed E-state index contributed by atoms with van der Waals surface area (Å²) in [5.41, 5.74) is 7.39. The van der Waals surface area contributed by atoms with Gasteiger partial charge in [0.2, 0.25) is 15.9 Å². The standard InChI is InChI=1S/C20H23FN4O4S/c21-15-3-1-14(2-4-15)18-13-19(24-23-18)20(26)22-16-5-7-17(8-6-16)30(27,28)25-9-11-29-12-10-25/h1-8,18-19,23-24H,9-13H2,(H,22,26). The van der Waals surface area contributed by atoms with E-state index in [1.165, 1.54) is 28.6 Å². The molecule has 8 nitrogen and oxygen atoms in total. The fourth-order valence-corrected chi connectivity index (χ4v) is 4.93. The van der Waals surface area contributed by atoms with Crippen molar-refractivity contribution in [3.8, 4) is 0 Å². The number of morpholine rings is 1. The summed E-state index contributed by atoms with van der Waals surface area (Å²) in [5, 5.41) is 2.79. The third-order valence-electron chi connectivity index (χ3n) is 5.22. The molecule has 2 aliphatic heterocycles. The molecule has 0 bridgehead atoms. The molecule has 160 valence electrons. The van der Waals surface area contributed by atoms with Crippen LogP contribution in [-0.2, 0) is 19.6 Å². The highest BCUT2D eigenvalue weighted by Crippen LogP contribution is 2.24. The summed E-state index contributed by atoms with van der Waals surface area (Å²) in [4.78, 5) is 12.7. The first-order chi connectivity index (χ1) is 14.4. The maximum atomic E-state index is 13.1. The van der Waals surface area contributed by atoms with E-state index in [-0.39, 0.29) is 22.7 Å². The van der Waals surface area contributed by atoms with Gasteiger partial charge < -0.3 is 10.1 Å². The minimum atomic E-state index is -3.57. The van der Waals surface area contributed by atoms with Crippen LogP contribution in [0.1, 0.15) is 18.0 Å². The van der Waals surface area contributed by atoms with Crippen molar-refractivity contribution in [1.82, 2.24) is 15.2 Å². The number of halogens is 1. The third kappa shape index (κ3) is 4.52. The molecular weight excluding hydrogens is 411 g/mol. The molecule has 2 heterocycles. The van der Waals surface area contributed by atoms with Crippen LogP contribution in [0.3, 0.4) is 0 Å². The first kappa shape index (κ1) is 20.9. The molecular formula is C20H23FN4O4S. The Morgan fingerprint density at radius 2 is 1.70 bits per heavy atom. The smallest absolute Gasteiger partial charge is 0.243 e. The van der Waals surface area contributed by atoms with E-state index in [1.54, 1.807) is 24.3 Å². The Labute approximate surface area is 174 Å². The Kier molecular flexibility index (Phi) is 6.11. The third-order valence-corrected chi connectivity index (χ3v) is 7.13. The topological polar surface area (TPSA) is 99.8 Å². The monoisotopic (exact) mass is 434 g/mol. The number of rotatable bonds is 5. The van der Waals surface area contributed by atoms with Gasteiger partial charge in [-0.25, -0.2) is 23.7 Å². The Morgan fingerprint density at radius 3 is 2.37 bits per heavy atom. The van der Waals surface area contributed by atoms with E-state index in [1.807, 2.05) is 0 Å². The predicted molar refractivity (Wildman–Crippen MR) is 108 cm³/mol.